The summed E-state index contributed by atoms with van der Waals surface area (Å²) in [6.07, 6.45) is 3.08. The summed E-state index contributed by atoms with van der Waals surface area (Å²) >= 11 is 1.02. The van der Waals surface area contributed by atoms with Crippen molar-refractivity contribution in [2.45, 2.75) is 61.8 Å². The van der Waals surface area contributed by atoms with Gasteiger partial charge in [-0.1, -0.05) is 18.2 Å². The van der Waals surface area contributed by atoms with E-state index in [2.05, 4.69) is 9.88 Å². The quantitative estimate of drug-likeness (QED) is 0.260. The molecular weight excluding hydrogens is 639 g/mol. The van der Waals surface area contributed by atoms with Crippen molar-refractivity contribution >= 4 is 57.8 Å². The molecular formula is C31H32F2N5O6PS. The lowest BCUT2D eigenvalue weighted by Crippen LogP contribution is -2.58. The van der Waals surface area contributed by atoms with Crippen molar-refractivity contribution in [2.24, 2.45) is 7.05 Å². The van der Waals surface area contributed by atoms with Gasteiger partial charge in [0.05, 0.1) is 21.8 Å². The first kappa shape index (κ1) is 30.9. The minimum Gasteiger partial charge on any atom is -0.340 e. The number of amides is 3. The van der Waals surface area contributed by atoms with Gasteiger partial charge in [0.1, 0.15) is 17.9 Å². The van der Waals surface area contributed by atoms with Gasteiger partial charge in [-0.3, -0.25) is 18.9 Å². The fourth-order valence-electron chi connectivity index (χ4n) is 7.04. The van der Waals surface area contributed by atoms with Crippen LogP contribution in [-0.2, 0) is 26.9 Å². The van der Waals surface area contributed by atoms with Crippen LogP contribution in [0.25, 0.3) is 21.1 Å². The third kappa shape index (κ3) is 5.11. The highest BCUT2D eigenvalue weighted by atomic mass is 32.1. The number of aryl methyl sites for hydroxylation is 1. The molecule has 2 aromatic heterocycles. The van der Waals surface area contributed by atoms with Gasteiger partial charge in [0.2, 0.25) is 11.8 Å². The molecule has 11 nitrogen and oxygen atoms in total. The van der Waals surface area contributed by atoms with Crippen molar-refractivity contribution in [3.63, 3.8) is 0 Å². The van der Waals surface area contributed by atoms with Crippen molar-refractivity contribution < 1.29 is 37.5 Å². The normalized spacial score (nSPS) is 22.6. The minimum atomic E-state index is -5.75. The molecule has 0 aliphatic carbocycles. The summed E-state index contributed by atoms with van der Waals surface area (Å²) in [5.41, 5.74) is -3.28. The Kier molecular flexibility index (Phi) is 7.54. The smallest absolute Gasteiger partial charge is 0.340 e. The summed E-state index contributed by atoms with van der Waals surface area (Å²) in [5.74, 6) is 0.0763. The Hall–Kier alpha value is -3.71. The van der Waals surface area contributed by atoms with Crippen LogP contribution < -0.4 is 5.32 Å². The first-order valence-electron chi connectivity index (χ1n) is 15.1. The summed E-state index contributed by atoms with van der Waals surface area (Å²) in [4.78, 5) is 67.4. The average molecular weight is 672 g/mol. The van der Waals surface area contributed by atoms with E-state index in [1.807, 2.05) is 31.3 Å². The Morgan fingerprint density at radius 1 is 1.07 bits per heavy atom. The molecule has 3 amide bonds. The number of halogens is 2. The Morgan fingerprint density at radius 2 is 1.83 bits per heavy atom. The molecule has 3 aliphatic heterocycles. The molecule has 0 unspecified atom stereocenters. The topological polar surface area (TPSA) is 145 Å². The van der Waals surface area contributed by atoms with Gasteiger partial charge in [0, 0.05) is 36.4 Å². The van der Waals surface area contributed by atoms with Crippen molar-refractivity contribution in [1.29, 1.82) is 0 Å². The number of nitrogens with one attached hydrogen (secondary N) is 1. The number of rotatable bonds is 6. The predicted molar refractivity (Wildman–Crippen MR) is 167 cm³/mol. The minimum absolute atomic E-state index is 0.0845. The molecule has 242 valence electrons. The van der Waals surface area contributed by atoms with Crippen LogP contribution in [0.1, 0.15) is 59.1 Å². The Bertz CT molecular complexity index is 1930. The molecule has 3 aliphatic rings. The van der Waals surface area contributed by atoms with Gasteiger partial charge in [-0.25, -0.2) is 4.98 Å². The molecule has 7 rings (SSSR count). The molecule has 0 bridgehead atoms. The van der Waals surface area contributed by atoms with E-state index in [1.165, 1.54) is 12.1 Å². The number of hydrogen-bond donors (Lipinski definition) is 3. The molecule has 15 heteroatoms. The van der Waals surface area contributed by atoms with Gasteiger partial charge in [-0.05, 0) is 67.8 Å². The molecule has 5 heterocycles. The Labute approximate surface area is 266 Å². The van der Waals surface area contributed by atoms with Gasteiger partial charge < -0.3 is 29.5 Å². The van der Waals surface area contributed by atoms with E-state index in [1.54, 1.807) is 9.80 Å². The third-order valence-corrected chi connectivity index (χ3v) is 11.6. The van der Waals surface area contributed by atoms with Gasteiger partial charge in [0.25, 0.3) is 5.91 Å². The summed E-state index contributed by atoms with van der Waals surface area (Å²) in [6.45, 7) is 1.04. The molecule has 0 spiro atoms. The van der Waals surface area contributed by atoms with Crippen LogP contribution in [0.15, 0.2) is 48.5 Å². The van der Waals surface area contributed by atoms with Gasteiger partial charge in [-0.15, -0.1) is 11.3 Å². The fourth-order valence-corrected chi connectivity index (χ4v) is 8.46. The number of fused-ring (bicyclic) bond motifs is 3. The maximum Gasteiger partial charge on any atom is 0.399 e. The first-order chi connectivity index (χ1) is 21.8. The Morgan fingerprint density at radius 3 is 2.57 bits per heavy atom. The number of thiophene rings is 1. The van der Waals surface area contributed by atoms with E-state index in [9.17, 15) is 27.7 Å². The van der Waals surface area contributed by atoms with Gasteiger partial charge in [-0.2, -0.15) is 8.78 Å². The molecule has 46 heavy (non-hydrogen) atoms. The molecule has 3 N–H and O–H groups in total. The van der Waals surface area contributed by atoms with Crippen molar-refractivity contribution in [3.05, 3.63) is 64.8 Å². The zero-order chi connectivity index (χ0) is 32.5. The van der Waals surface area contributed by atoms with Gasteiger partial charge >= 0.3 is 13.3 Å². The van der Waals surface area contributed by atoms with Crippen LogP contribution in [0, 0.1) is 0 Å². The summed E-state index contributed by atoms with van der Waals surface area (Å²) < 4.78 is 42.4. The number of alkyl halides is 2. The monoisotopic (exact) mass is 671 g/mol. The predicted octanol–water partition coefficient (Wildman–Crippen LogP) is 4.28. The van der Waals surface area contributed by atoms with E-state index < -0.39 is 36.8 Å². The van der Waals surface area contributed by atoms with Crippen LogP contribution in [0.5, 0.6) is 0 Å². The number of likely N-dealkylation sites (tertiary alicyclic amines) is 1. The zero-order valence-corrected chi connectivity index (χ0v) is 26.5. The first-order valence-corrected chi connectivity index (χ1v) is 17.6. The Balaban J connectivity index is 1.04. The highest BCUT2D eigenvalue weighted by molar-refractivity contribution is 7.52. The van der Waals surface area contributed by atoms with Crippen LogP contribution in [0.3, 0.4) is 0 Å². The number of aromatic nitrogens is 2. The maximum absolute atomic E-state index is 14.3. The van der Waals surface area contributed by atoms with Crippen molar-refractivity contribution in [2.75, 3.05) is 13.1 Å². The van der Waals surface area contributed by atoms with Crippen molar-refractivity contribution in [1.82, 2.24) is 24.7 Å². The van der Waals surface area contributed by atoms with Crippen LogP contribution in [-0.4, -0.2) is 78.1 Å². The van der Waals surface area contributed by atoms with E-state index in [4.69, 9.17) is 14.8 Å². The number of imidazole rings is 1. The summed E-state index contributed by atoms with van der Waals surface area (Å²) in [7, 11) is -3.78. The fraction of sp³-hybridized carbons (Fsp3) is 0.419. The van der Waals surface area contributed by atoms with E-state index in [0.717, 1.165) is 46.7 Å². The molecule has 3 saturated heterocycles. The largest absolute Gasteiger partial charge is 0.399 e. The molecule has 0 radical (unpaired) electrons. The van der Waals surface area contributed by atoms with Crippen LogP contribution in [0.4, 0.5) is 8.78 Å². The third-order valence-electron chi connectivity index (χ3n) is 9.51. The number of hydrogen-bond acceptors (Lipinski definition) is 6. The van der Waals surface area contributed by atoms with E-state index in [0.29, 0.717) is 43.5 Å². The lowest BCUT2D eigenvalue weighted by molar-refractivity contribution is -0.148. The zero-order valence-electron chi connectivity index (χ0n) is 24.8. The van der Waals surface area contributed by atoms with E-state index >= 15 is 0 Å². The molecule has 0 saturated carbocycles. The number of benzene rings is 2. The molecule has 3 fully saturated rings. The second-order valence-electron chi connectivity index (χ2n) is 12.4. The highest BCUT2D eigenvalue weighted by Crippen LogP contribution is 2.59. The van der Waals surface area contributed by atoms with Gasteiger partial charge in [0.15, 0.2) is 0 Å². The lowest BCUT2D eigenvalue weighted by atomic mass is 9.97. The molecule has 4 aromatic rings. The van der Waals surface area contributed by atoms with E-state index in [-0.39, 0.29) is 34.0 Å². The summed E-state index contributed by atoms with van der Waals surface area (Å²) in [6, 6.07) is 10.9. The number of nitrogens with zero attached hydrogens (tertiary/aromatic N) is 4. The molecule has 2 aromatic carbocycles. The maximum atomic E-state index is 14.3. The second-order valence-corrected chi connectivity index (χ2v) is 15.1. The van der Waals surface area contributed by atoms with Crippen molar-refractivity contribution in [3.8, 4) is 0 Å². The number of para-hydroxylation sites is 2. The molecule has 3 atom stereocenters. The second kappa shape index (κ2) is 11.2. The van der Waals surface area contributed by atoms with Crippen LogP contribution >= 0.6 is 18.9 Å². The standard InChI is InChI=1S/C31H32F2N5O6PS/c1-36-23-8-3-2-6-21(23)34-27(36)18-15-37(16-18)30(41)24-11-10-20-5-4-7-22(29(40)38(20)24)35-28(39)26-14-17-13-19(9-12-25(17)46-26)31(32,33)45(42,43)44/h2-3,6,8-9,12-14,18,20,22,24H,4-5,7,10-11,15-16H2,1H3,(H,35,39)(H2,42,43,44)/t20-,22-,24-/m0/s1. The number of carbonyl (C=O) groups excluding carboxylic acids is 3. The average Bonchev–Trinajstić information content (AvgIpc) is 3.68. The van der Waals surface area contributed by atoms with Crippen LogP contribution in [0.2, 0.25) is 0 Å². The summed E-state index contributed by atoms with van der Waals surface area (Å²) in [5, 5.41) is 3.03. The SMILES string of the molecule is Cn1c(C2CN(C(=O)[C@@H]3CC[C@@H]4CCC[C@H](NC(=O)c5cc6cc(C(F)(F)P(=O)(O)O)ccc6s5)C(=O)N43)C2)nc2ccccc21. The number of carbonyl (C=O) groups is 3. The lowest BCUT2D eigenvalue weighted by Gasteiger charge is -2.42. The highest BCUT2D eigenvalue weighted by Gasteiger charge is 2.51.